The Bertz CT molecular complexity index is 747. The standard InChI is InChI=1S/C16H14O6/c1-20-9-13(16(19)21-2)22-12-8-7-10-5-3-4-6-11(10)14(12)15(17)18/h3-9H,1-2H3,(H,17,18). The molecule has 1 N–H and O–H groups in total. The average Bonchev–Trinajstić information content (AvgIpc) is 2.53. The molecule has 0 aliphatic carbocycles. The van der Waals surface area contributed by atoms with Crippen LogP contribution < -0.4 is 4.74 Å². The number of fused-ring (bicyclic) bond motifs is 1. The first kappa shape index (κ1) is 15.4. The van der Waals surface area contributed by atoms with Crippen molar-refractivity contribution in [2.45, 2.75) is 0 Å². The SMILES string of the molecule is COC=C(Oc1ccc2ccccc2c1C(=O)O)C(=O)OC. The Labute approximate surface area is 126 Å². The zero-order valence-corrected chi connectivity index (χ0v) is 12.0. The third kappa shape index (κ3) is 3.01. The molecule has 114 valence electrons. The molecule has 0 atom stereocenters. The van der Waals surface area contributed by atoms with Gasteiger partial charge in [-0.25, -0.2) is 9.59 Å². The van der Waals surface area contributed by atoms with Crippen molar-refractivity contribution in [3.8, 4) is 5.75 Å². The summed E-state index contributed by atoms with van der Waals surface area (Å²) in [5.74, 6) is -2.15. The largest absolute Gasteiger partial charge is 0.500 e. The number of carboxylic acid groups (broad SMARTS) is 1. The summed E-state index contributed by atoms with van der Waals surface area (Å²) in [4.78, 5) is 23.2. The van der Waals surface area contributed by atoms with Gasteiger partial charge in [-0.1, -0.05) is 30.3 Å². The molecule has 2 aromatic carbocycles. The molecule has 0 saturated carbocycles. The van der Waals surface area contributed by atoms with E-state index in [4.69, 9.17) is 9.47 Å². The van der Waals surface area contributed by atoms with Crippen LogP contribution in [0, 0.1) is 0 Å². The van der Waals surface area contributed by atoms with Crippen molar-refractivity contribution >= 4 is 22.7 Å². The lowest BCUT2D eigenvalue weighted by atomic mass is 10.0. The summed E-state index contributed by atoms with van der Waals surface area (Å²) in [6, 6.07) is 10.2. The molecule has 0 aromatic heterocycles. The minimum Gasteiger partial charge on any atom is -0.500 e. The van der Waals surface area contributed by atoms with Crippen LogP contribution in [0.25, 0.3) is 10.8 Å². The Morgan fingerprint density at radius 3 is 2.45 bits per heavy atom. The summed E-state index contributed by atoms with van der Waals surface area (Å²) >= 11 is 0. The second-order valence-electron chi connectivity index (χ2n) is 4.28. The molecule has 0 saturated heterocycles. The first-order valence-corrected chi connectivity index (χ1v) is 6.32. The van der Waals surface area contributed by atoms with E-state index in [-0.39, 0.29) is 17.1 Å². The second kappa shape index (κ2) is 6.62. The quantitative estimate of drug-likeness (QED) is 0.519. The third-order valence-corrected chi connectivity index (χ3v) is 2.94. The van der Waals surface area contributed by atoms with Crippen LogP contribution in [0.15, 0.2) is 48.4 Å². The molecule has 0 unspecified atom stereocenters. The highest BCUT2D eigenvalue weighted by Crippen LogP contribution is 2.29. The number of carbonyl (C=O) groups is 2. The van der Waals surface area contributed by atoms with Crippen molar-refractivity contribution in [1.29, 1.82) is 0 Å². The molecule has 22 heavy (non-hydrogen) atoms. The summed E-state index contributed by atoms with van der Waals surface area (Å²) in [5, 5.41) is 10.7. The smallest absolute Gasteiger partial charge is 0.377 e. The van der Waals surface area contributed by atoms with E-state index >= 15 is 0 Å². The first-order valence-electron chi connectivity index (χ1n) is 6.32. The number of carbonyl (C=O) groups excluding carboxylic acids is 1. The van der Waals surface area contributed by atoms with Crippen LogP contribution in [0.4, 0.5) is 0 Å². The number of hydrogen-bond donors (Lipinski definition) is 1. The van der Waals surface area contributed by atoms with E-state index < -0.39 is 11.9 Å². The number of carboxylic acids is 1. The van der Waals surface area contributed by atoms with Gasteiger partial charge in [-0.2, -0.15) is 0 Å². The minimum atomic E-state index is -1.16. The molecule has 2 rings (SSSR count). The molecule has 0 aliphatic heterocycles. The van der Waals surface area contributed by atoms with Gasteiger partial charge in [0.05, 0.1) is 14.2 Å². The van der Waals surface area contributed by atoms with Crippen LogP contribution >= 0.6 is 0 Å². The van der Waals surface area contributed by atoms with Gasteiger partial charge in [0.1, 0.15) is 17.6 Å². The third-order valence-electron chi connectivity index (χ3n) is 2.94. The lowest BCUT2D eigenvalue weighted by Gasteiger charge is -2.12. The number of methoxy groups -OCH3 is 2. The molecule has 0 spiro atoms. The van der Waals surface area contributed by atoms with Gasteiger partial charge in [0.2, 0.25) is 5.76 Å². The Hall–Kier alpha value is -3.02. The van der Waals surface area contributed by atoms with Crippen molar-refractivity contribution in [2.24, 2.45) is 0 Å². The Balaban J connectivity index is 2.55. The van der Waals surface area contributed by atoms with Gasteiger partial charge < -0.3 is 19.3 Å². The molecule has 0 bridgehead atoms. The molecule has 0 aliphatic rings. The molecule has 6 nitrogen and oxygen atoms in total. The van der Waals surface area contributed by atoms with Crippen LogP contribution in [0.5, 0.6) is 5.75 Å². The van der Waals surface area contributed by atoms with E-state index in [0.717, 1.165) is 11.6 Å². The molecule has 2 aromatic rings. The normalized spacial score (nSPS) is 11.1. The van der Waals surface area contributed by atoms with Gasteiger partial charge in [0.15, 0.2) is 0 Å². The molecule has 0 radical (unpaired) electrons. The fourth-order valence-corrected chi connectivity index (χ4v) is 2.00. The zero-order chi connectivity index (χ0) is 16.1. The first-order chi connectivity index (χ1) is 10.6. The fraction of sp³-hybridized carbons (Fsp3) is 0.125. The maximum absolute atomic E-state index is 11.6. The van der Waals surface area contributed by atoms with Crippen LogP contribution in [0.2, 0.25) is 0 Å². The lowest BCUT2D eigenvalue weighted by molar-refractivity contribution is -0.138. The predicted molar refractivity (Wildman–Crippen MR) is 78.6 cm³/mol. The van der Waals surface area contributed by atoms with Crippen LogP contribution in [-0.4, -0.2) is 31.3 Å². The van der Waals surface area contributed by atoms with E-state index in [1.54, 1.807) is 30.3 Å². The van der Waals surface area contributed by atoms with E-state index in [9.17, 15) is 14.7 Å². The Morgan fingerprint density at radius 2 is 1.82 bits per heavy atom. The number of aromatic carboxylic acids is 1. The van der Waals surface area contributed by atoms with Gasteiger partial charge >= 0.3 is 11.9 Å². The fourth-order valence-electron chi connectivity index (χ4n) is 2.00. The number of benzene rings is 2. The van der Waals surface area contributed by atoms with E-state index in [1.807, 2.05) is 0 Å². The number of ether oxygens (including phenoxy) is 3. The average molecular weight is 302 g/mol. The number of rotatable bonds is 5. The summed E-state index contributed by atoms with van der Waals surface area (Å²) in [5.41, 5.74) is -0.0380. The molecular weight excluding hydrogens is 288 g/mol. The minimum absolute atomic E-state index is 0.0277. The van der Waals surface area contributed by atoms with Crippen molar-refractivity contribution in [3.05, 3.63) is 54.0 Å². The number of hydrogen-bond acceptors (Lipinski definition) is 5. The topological polar surface area (TPSA) is 82.1 Å². The van der Waals surface area contributed by atoms with E-state index in [0.29, 0.717) is 5.39 Å². The summed E-state index contributed by atoms with van der Waals surface area (Å²) in [6.45, 7) is 0. The molecule has 0 heterocycles. The van der Waals surface area contributed by atoms with Crippen LogP contribution in [0.1, 0.15) is 10.4 Å². The van der Waals surface area contributed by atoms with Gasteiger partial charge in [-0.15, -0.1) is 0 Å². The van der Waals surface area contributed by atoms with Gasteiger partial charge in [0.25, 0.3) is 0 Å². The maximum Gasteiger partial charge on any atom is 0.377 e. The van der Waals surface area contributed by atoms with Crippen molar-refractivity contribution in [2.75, 3.05) is 14.2 Å². The summed E-state index contributed by atoms with van der Waals surface area (Å²) in [7, 11) is 2.53. The zero-order valence-electron chi connectivity index (χ0n) is 12.0. The maximum atomic E-state index is 11.6. The van der Waals surface area contributed by atoms with Gasteiger partial charge in [0, 0.05) is 0 Å². The highest BCUT2D eigenvalue weighted by atomic mass is 16.6. The Kier molecular flexibility index (Phi) is 4.63. The lowest BCUT2D eigenvalue weighted by Crippen LogP contribution is -2.13. The van der Waals surface area contributed by atoms with Crippen LogP contribution in [0.3, 0.4) is 0 Å². The molecule has 0 amide bonds. The van der Waals surface area contributed by atoms with Crippen LogP contribution in [-0.2, 0) is 14.3 Å². The van der Waals surface area contributed by atoms with Crippen molar-refractivity contribution in [3.63, 3.8) is 0 Å². The molecular formula is C16H14O6. The number of esters is 1. The highest BCUT2D eigenvalue weighted by Gasteiger charge is 2.20. The van der Waals surface area contributed by atoms with Gasteiger partial charge in [-0.3, -0.25) is 0 Å². The van der Waals surface area contributed by atoms with Crippen molar-refractivity contribution in [1.82, 2.24) is 0 Å². The van der Waals surface area contributed by atoms with Crippen molar-refractivity contribution < 1.29 is 28.9 Å². The second-order valence-corrected chi connectivity index (χ2v) is 4.28. The van der Waals surface area contributed by atoms with E-state index in [2.05, 4.69) is 4.74 Å². The Morgan fingerprint density at radius 1 is 1.09 bits per heavy atom. The summed E-state index contributed by atoms with van der Waals surface area (Å²) in [6.07, 6.45) is 1.05. The highest BCUT2D eigenvalue weighted by molar-refractivity contribution is 6.06. The predicted octanol–water partition coefficient (Wildman–Crippen LogP) is 2.58. The monoisotopic (exact) mass is 302 g/mol. The molecule has 6 heteroatoms. The van der Waals surface area contributed by atoms with E-state index in [1.165, 1.54) is 20.3 Å². The van der Waals surface area contributed by atoms with Gasteiger partial charge in [-0.05, 0) is 16.8 Å². The summed E-state index contributed by atoms with van der Waals surface area (Å²) < 4.78 is 14.7. The molecule has 0 fully saturated rings.